The maximum absolute atomic E-state index is 8.64. The number of rotatable bonds is 8. The third-order valence-corrected chi connectivity index (χ3v) is 2.65. The van der Waals surface area contributed by atoms with Crippen LogP contribution < -0.4 is 0 Å². The lowest BCUT2D eigenvalue weighted by molar-refractivity contribution is 0.170. The minimum absolute atomic E-state index is 0.345. The monoisotopic (exact) mass is 201 g/mol. The van der Waals surface area contributed by atoms with Crippen molar-refractivity contribution in [3.63, 3.8) is 0 Å². The Morgan fingerprint density at radius 3 is 1.79 bits per heavy atom. The highest BCUT2D eigenvalue weighted by atomic mass is 16.2. The summed E-state index contributed by atoms with van der Waals surface area (Å²) in [5, 5.41) is 8.64. The summed E-state index contributed by atoms with van der Waals surface area (Å²) in [6, 6.07) is 1.29. The molecule has 0 bridgehead atoms. The fourth-order valence-corrected chi connectivity index (χ4v) is 1.87. The predicted octanol–water partition coefficient (Wildman–Crippen LogP) is 2.66. The molecule has 0 radical (unpaired) electrons. The van der Waals surface area contributed by atoms with E-state index in [-0.39, 0.29) is 0 Å². The van der Waals surface area contributed by atoms with Gasteiger partial charge in [-0.25, -0.2) is 0 Å². The van der Waals surface area contributed by atoms with Crippen LogP contribution in [0.3, 0.4) is 0 Å². The molecule has 0 rings (SSSR count). The van der Waals surface area contributed by atoms with Crippen LogP contribution in [-0.2, 0) is 0 Å². The number of unbranched alkanes of at least 4 members (excludes halogenated alkanes) is 3. The summed E-state index contributed by atoms with van der Waals surface area (Å²) in [5.41, 5.74) is 0. The first-order chi connectivity index (χ1) is 6.59. The van der Waals surface area contributed by atoms with E-state index in [1.807, 2.05) is 0 Å². The topological polar surface area (TPSA) is 23.5 Å². The van der Waals surface area contributed by atoms with E-state index in [9.17, 15) is 0 Å². The Morgan fingerprint density at radius 2 is 1.36 bits per heavy atom. The van der Waals surface area contributed by atoms with Gasteiger partial charge < -0.3 is 5.11 Å². The first-order valence-corrected chi connectivity index (χ1v) is 5.96. The lowest BCUT2D eigenvalue weighted by Gasteiger charge is -2.30. The zero-order valence-electron chi connectivity index (χ0n) is 10.3. The van der Waals surface area contributed by atoms with E-state index in [1.54, 1.807) is 0 Å². The number of hydrogen-bond donors (Lipinski definition) is 1. The lowest BCUT2D eigenvalue weighted by Crippen LogP contribution is -2.37. The average molecular weight is 201 g/mol. The molecule has 0 unspecified atom stereocenters. The van der Waals surface area contributed by atoms with E-state index in [1.165, 1.54) is 25.8 Å². The van der Waals surface area contributed by atoms with Crippen LogP contribution in [0.5, 0.6) is 0 Å². The molecule has 0 spiro atoms. The van der Waals surface area contributed by atoms with Crippen molar-refractivity contribution < 1.29 is 5.11 Å². The molecular formula is C12H27NO. The van der Waals surface area contributed by atoms with Crippen molar-refractivity contribution in [2.75, 3.05) is 13.2 Å². The van der Waals surface area contributed by atoms with Gasteiger partial charge in [0, 0.05) is 18.7 Å². The zero-order chi connectivity index (χ0) is 11.0. The summed E-state index contributed by atoms with van der Waals surface area (Å²) in [5.74, 6) is 0. The maximum Gasteiger partial charge on any atom is 0.0431 e. The molecule has 0 fully saturated rings. The predicted molar refractivity (Wildman–Crippen MR) is 62.5 cm³/mol. The fourth-order valence-electron chi connectivity index (χ4n) is 1.87. The summed E-state index contributed by atoms with van der Waals surface area (Å²) >= 11 is 0. The smallest absolute Gasteiger partial charge is 0.0431 e. The van der Waals surface area contributed by atoms with E-state index >= 15 is 0 Å². The van der Waals surface area contributed by atoms with Gasteiger partial charge in [0.05, 0.1) is 0 Å². The molecule has 2 nitrogen and oxygen atoms in total. The standard InChI is InChI=1S/C12H27NO/c1-11(2)13(12(3)4)9-7-5-6-8-10-14/h11-12,14H,5-10H2,1-4H3. The molecule has 0 aliphatic rings. The SMILES string of the molecule is CC(C)N(CCCCCCO)C(C)C. The second kappa shape index (κ2) is 8.25. The van der Waals surface area contributed by atoms with Crippen LogP contribution in [0.1, 0.15) is 53.4 Å². The van der Waals surface area contributed by atoms with Gasteiger partial charge in [-0.15, -0.1) is 0 Å². The summed E-state index contributed by atoms with van der Waals surface area (Å²) in [7, 11) is 0. The van der Waals surface area contributed by atoms with E-state index < -0.39 is 0 Å². The number of nitrogens with zero attached hydrogens (tertiary/aromatic N) is 1. The zero-order valence-corrected chi connectivity index (χ0v) is 10.3. The minimum atomic E-state index is 0.345. The van der Waals surface area contributed by atoms with E-state index in [4.69, 9.17) is 5.11 Å². The largest absolute Gasteiger partial charge is 0.396 e. The fraction of sp³-hybridized carbons (Fsp3) is 1.00. The lowest BCUT2D eigenvalue weighted by atomic mass is 10.1. The second-order valence-electron chi connectivity index (χ2n) is 4.56. The van der Waals surface area contributed by atoms with Crippen LogP contribution in [-0.4, -0.2) is 35.2 Å². The van der Waals surface area contributed by atoms with E-state index in [0.29, 0.717) is 18.7 Å². The molecule has 0 aliphatic heterocycles. The third kappa shape index (κ3) is 6.39. The second-order valence-corrected chi connectivity index (χ2v) is 4.56. The van der Waals surface area contributed by atoms with Gasteiger partial charge in [-0.3, -0.25) is 4.90 Å². The van der Waals surface area contributed by atoms with Crippen molar-refractivity contribution in [1.29, 1.82) is 0 Å². The van der Waals surface area contributed by atoms with E-state index in [2.05, 4.69) is 32.6 Å². The van der Waals surface area contributed by atoms with Gasteiger partial charge in [-0.2, -0.15) is 0 Å². The highest BCUT2D eigenvalue weighted by molar-refractivity contribution is 4.66. The molecule has 86 valence electrons. The van der Waals surface area contributed by atoms with Gasteiger partial charge in [-0.1, -0.05) is 12.8 Å². The number of aliphatic hydroxyl groups is 1. The van der Waals surface area contributed by atoms with Gasteiger partial charge in [0.2, 0.25) is 0 Å². The minimum Gasteiger partial charge on any atom is -0.396 e. The summed E-state index contributed by atoms with van der Waals surface area (Å²) in [6.45, 7) is 10.6. The van der Waals surface area contributed by atoms with Crippen LogP contribution in [0.25, 0.3) is 0 Å². The average Bonchev–Trinajstić information content (AvgIpc) is 2.09. The Balaban J connectivity index is 3.52. The van der Waals surface area contributed by atoms with Crippen LogP contribution in [0.4, 0.5) is 0 Å². The van der Waals surface area contributed by atoms with Crippen LogP contribution in [0.2, 0.25) is 0 Å². The Hall–Kier alpha value is -0.0800. The highest BCUT2D eigenvalue weighted by Crippen LogP contribution is 2.08. The number of aliphatic hydroxyl groups excluding tert-OH is 1. The van der Waals surface area contributed by atoms with Gasteiger partial charge >= 0.3 is 0 Å². The molecule has 2 heteroatoms. The van der Waals surface area contributed by atoms with Crippen LogP contribution in [0.15, 0.2) is 0 Å². The Kier molecular flexibility index (Phi) is 8.20. The summed E-state index contributed by atoms with van der Waals surface area (Å²) < 4.78 is 0. The van der Waals surface area contributed by atoms with Gasteiger partial charge in [0.1, 0.15) is 0 Å². The van der Waals surface area contributed by atoms with Crippen molar-refractivity contribution in [3.8, 4) is 0 Å². The van der Waals surface area contributed by atoms with Crippen molar-refractivity contribution in [2.45, 2.75) is 65.5 Å². The van der Waals surface area contributed by atoms with Crippen LogP contribution in [0, 0.1) is 0 Å². The Labute approximate surface area is 89.3 Å². The molecule has 0 aromatic carbocycles. The van der Waals surface area contributed by atoms with Crippen molar-refractivity contribution in [3.05, 3.63) is 0 Å². The van der Waals surface area contributed by atoms with Crippen LogP contribution >= 0.6 is 0 Å². The first-order valence-electron chi connectivity index (χ1n) is 5.96. The molecule has 0 saturated carbocycles. The Bertz CT molecular complexity index is 115. The molecule has 0 aromatic rings. The third-order valence-electron chi connectivity index (χ3n) is 2.65. The number of hydrogen-bond acceptors (Lipinski definition) is 2. The summed E-state index contributed by atoms with van der Waals surface area (Å²) in [4.78, 5) is 2.53. The van der Waals surface area contributed by atoms with E-state index in [0.717, 1.165) is 6.42 Å². The normalized spacial score (nSPS) is 12.0. The van der Waals surface area contributed by atoms with Gasteiger partial charge in [-0.05, 0) is 47.1 Å². The molecule has 0 aliphatic carbocycles. The van der Waals surface area contributed by atoms with Gasteiger partial charge in [0.25, 0.3) is 0 Å². The molecular weight excluding hydrogens is 174 g/mol. The van der Waals surface area contributed by atoms with Crippen molar-refractivity contribution >= 4 is 0 Å². The summed E-state index contributed by atoms with van der Waals surface area (Å²) in [6.07, 6.45) is 4.64. The van der Waals surface area contributed by atoms with Crippen molar-refractivity contribution in [1.82, 2.24) is 4.90 Å². The quantitative estimate of drug-likeness (QED) is 0.610. The highest BCUT2D eigenvalue weighted by Gasteiger charge is 2.11. The molecule has 0 amide bonds. The molecule has 0 saturated heterocycles. The first kappa shape index (κ1) is 13.9. The Morgan fingerprint density at radius 1 is 0.857 bits per heavy atom. The molecule has 14 heavy (non-hydrogen) atoms. The molecule has 0 aromatic heterocycles. The van der Waals surface area contributed by atoms with Crippen molar-refractivity contribution in [2.24, 2.45) is 0 Å². The van der Waals surface area contributed by atoms with Gasteiger partial charge in [0.15, 0.2) is 0 Å². The molecule has 0 heterocycles. The molecule has 1 N–H and O–H groups in total. The molecule has 0 atom stereocenters. The maximum atomic E-state index is 8.64.